The van der Waals surface area contributed by atoms with Gasteiger partial charge in [-0.25, -0.2) is 4.79 Å². The lowest BCUT2D eigenvalue weighted by Gasteiger charge is -2.47. The number of hydrogen-bond donors (Lipinski definition) is 5. The highest BCUT2D eigenvalue weighted by molar-refractivity contribution is 6.19. The highest BCUT2D eigenvalue weighted by Gasteiger charge is 2.56. The number of aliphatic hydroxyl groups is 1. The molecule has 2 aliphatic rings. The van der Waals surface area contributed by atoms with Gasteiger partial charge in [-0.3, -0.25) is 29.9 Å². The van der Waals surface area contributed by atoms with E-state index in [4.69, 9.17) is 5.73 Å². The smallest absolute Gasteiger partial charge is 0.328 e. The van der Waals surface area contributed by atoms with Crippen molar-refractivity contribution in [2.45, 2.75) is 51.0 Å². The maximum atomic E-state index is 12.9. The quantitative estimate of drug-likeness (QED) is 0.217. The lowest BCUT2D eigenvalue weighted by Crippen LogP contribution is -2.72. The van der Waals surface area contributed by atoms with Crippen molar-refractivity contribution in [1.29, 1.82) is 0 Å². The van der Waals surface area contributed by atoms with Crippen LogP contribution in [-0.4, -0.2) is 72.6 Å². The summed E-state index contributed by atoms with van der Waals surface area (Å²) in [4.78, 5) is 50.0. The molecular weight excluding hydrogens is 366 g/mol. The maximum absolute atomic E-state index is 12.9. The number of amides is 5. The molecule has 10 heteroatoms. The largest absolute Gasteiger partial charge is 0.395 e. The molecule has 2 fully saturated rings. The van der Waals surface area contributed by atoms with Crippen LogP contribution in [0, 0.1) is 5.41 Å². The monoisotopic (exact) mass is 397 g/mol. The van der Waals surface area contributed by atoms with Crippen molar-refractivity contribution < 1.29 is 24.3 Å². The van der Waals surface area contributed by atoms with Crippen LogP contribution < -0.4 is 21.7 Å². The summed E-state index contributed by atoms with van der Waals surface area (Å²) in [6.45, 7) is 2.02. The maximum Gasteiger partial charge on any atom is 0.328 e. The van der Waals surface area contributed by atoms with E-state index in [1.54, 1.807) is 0 Å². The number of imide groups is 2. The molecule has 0 aromatic rings. The van der Waals surface area contributed by atoms with Gasteiger partial charge in [-0.1, -0.05) is 25.7 Å². The van der Waals surface area contributed by atoms with Gasteiger partial charge in [-0.05, 0) is 12.8 Å². The second-order valence-corrected chi connectivity index (χ2v) is 7.42. The molecule has 0 aromatic carbocycles. The number of barbiturate groups is 1. The average molecular weight is 397 g/mol. The van der Waals surface area contributed by atoms with Crippen LogP contribution in [-0.2, 0) is 14.4 Å². The van der Waals surface area contributed by atoms with Crippen molar-refractivity contribution in [3.05, 3.63) is 0 Å². The van der Waals surface area contributed by atoms with Crippen LogP contribution in [0.2, 0.25) is 0 Å². The molecule has 0 aliphatic carbocycles. The minimum Gasteiger partial charge on any atom is -0.395 e. The third-order valence-electron chi connectivity index (χ3n) is 5.57. The van der Waals surface area contributed by atoms with Crippen molar-refractivity contribution in [3.63, 3.8) is 0 Å². The van der Waals surface area contributed by atoms with Crippen LogP contribution in [0.15, 0.2) is 0 Å². The van der Waals surface area contributed by atoms with E-state index < -0.39 is 29.3 Å². The van der Waals surface area contributed by atoms with Gasteiger partial charge in [0.05, 0.1) is 6.61 Å². The minimum atomic E-state index is -1.39. The molecule has 0 spiro atoms. The van der Waals surface area contributed by atoms with Gasteiger partial charge in [-0.2, -0.15) is 0 Å². The normalized spacial score (nSPS) is 22.6. The Balaban J connectivity index is 2.07. The Kier molecular flexibility index (Phi) is 8.34. The summed E-state index contributed by atoms with van der Waals surface area (Å²) in [6, 6.07) is -1.24. The van der Waals surface area contributed by atoms with Crippen LogP contribution in [0.25, 0.3) is 0 Å². The molecule has 158 valence electrons. The van der Waals surface area contributed by atoms with Gasteiger partial charge < -0.3 is 16.2 Å². The predicted octanol–water partition coefficient (Wildman–Crippen LogP) is -1.18. The number of nitrogens with two attached hydrogens (primary N) is 1. The summed E-state index contributed by atoms with van der Waals surface area (Å²) in [7, 11) is 0. The number of carbonyl (C=O) groups excluding carboxylic acids is 4. The number of nitrogens with one attached hydrogen (secondary N) is 3. The predicted molar refractivity (Wildman–Crippen MR) is 101 cm³/mol. The molecule has 2 rings (SSSR count). The summed E-state index contributed by atoms with van der Waals surface area (Å²) in [6.07, 6.45) is 4.56. The van der Waals surface area contributed by atoms with Crippen LogP contribution in [0.3, 0.4) is 0 Å². The minimum absolute atomic E-state index is 0.0748. The number of piperazine rings is 1. The highest BCUT2D eigenvalue weighted by Crippen LogP contribution is 2.36. The molecule has 6 N–H and O–H groups in total. The molecule has 0 radical (unpaired) electrons. The van der Waals surface area contributed by atoms with E-state index in [1.165, 1.54) is 0 Å². The topological polar surface area (TPSA) is 154 Å². The Morgan fingerprint density at radius 2 is 1.75 bits per heavy atom. The van der Waals surface area contributed by atoms with Crippen LogP contribution in [0.4, 0.5) is 4.79 Å². The number of carbonyl (C=O) groups is 4. The Labute approximate surface area is 164 Å². The fourth-order valence-electron chi connectivity index (χ4n) is 4.12. The van der Waals surface area contributed by atoms with E-state index in [2.05, 4.69) is 16.0 Å². The first-order chi connectivity index (χ1) is 13.4. The van der Waals surface area contributed by atoms with Gasteiger partial charge in [0.1, 0.15) is 5.41 Å². The first-order valence-electron chi connectivity index (χ1n) is 9.92. The van der Waals surface area contributed by atoms with Crippen LogP contribution in [0.1, 0.15) is 44.9 Å². The van der Waals surface area contributed by atoms with Gasteiger partial charge in [0.2, 0.25) is 17.7 Å². The van der Waals surface area contributed by atoms with Crippen molar-refractivity contribution in [3.8, 4) is 0 Å². The van der Waals surface area contributed by atoms with E-state index in [-0.39, 0.29) is 12.5 Å². The molecular formula is C18H31N5O5. The third kappa shape index (κ3) is 5.27. The first-order valence-corrected chi connectivity index (χ1v) is 9.92. The lowest BCUT2D eigenvalue weighted by atomic mass is 9.71. The Bertz CT molecular complexity index is 575. The molecule has 10 nitrogen and oxygen atoms in total. The average Bonchev–Trinajstić information content (AvgIpc) is 2.63. The van der Waals surface area contributed by atoms with Crippen molar-refractivity contribution in [1.82, 2.24) is 20.9 Å². The highest BCUT2D eigenvalue weighted by atomic mass is 16.3. The Morgan fingerprint density at radius 3 is 2.39 bits per heavy atom. The molecule has 1 unspecified atom stereocenters. The van der Waals surface area contributed by atoms with Crippen molar-refractivity contribution in [2.24, 2.45) is 11.1 Å². The molecule has 2 aliphatic heterocycles. The zero-order valence-electron chi connectivity index (χ0n) is 16.2. The fourth-order valence-corrected chi connectivity index (χ4v) is 4.12. The van der Waals surface area contributed by atoms with Gasteiger partial charge in [-0.15, -0.1) is 0 Å². The molecule has 2 heterocycles. The van der Waals surface area contributed by atoms with Gasteiger partial charge >= 0.3 is 6.03 Å². The number of nitrogens with zero attached hydrogens (tertiary/aromatic N) is 1. The van der Waals surface area contributed by atoms with Crippen molar-refractivity contribution >= 4 is 23.8 Å². The number of rotatable bonds is 11. The van der Waals surface area contributed by atoms with Gasteiger partial charge in [0.15, 0.2) is 0 Å². The van der Waals surface area contributed by atoms with Crippen LogP contribution in [0.5, 0.6) is 0 Å². The standard InChI is InChI=1S/C18H31N5O5/c19-14(25)6-4-2-1-3-5-7-18(15(26)21-17(28)22-16(18)27)13-12-20-8-9-23(13)10-11-24/h13,20,24H,1-12H2,(H2,19,25)(H2,21,22,26,27,28). The zero-order chi connectivity index (χ0) is 20.6. The number of hydrogen-bond acceptors (Lipinski definition) is 7. The third-order valence-corrected chi connectivity index (χ3v) is 5.57. The molecule has 1 atom stereocenters. The zero-order valence-corrected chi connectivity index (χ0v) is 16.2. The SMILES string of the molecule is NC(=O)CCCCCCCC1(C2CNCCN2CCO)C(=O)NC(=O)NC1=O. The number of β-amino-alcohol motifs (C(OH)–C–C–N with tert-alkyl or cyclic N) is 1. The second kappa shape index (κ2) is 10.5. The van der Waals surface area contributed by atoms with E-state index in [0.717, 1.165) is 25.7 Å². The number of urea groups is 1. The number of unbranched alkanes of at least 4 members (excludes halogenated alkanes) is 4. The summed E-state index contributed by atoms with van der Waals surface area (Å²) in [5, 5.41) is 17.1. The molecule has 0 saturated carbocycles. The molecule has 2 saturated heterocycles. The van der Waals surface area contributed by atoms with E-state index in [1.807, 2.05) is 4.90 Å². The van der Waals surface area contributed by atoms with Crippen molar-refractivity contribution in [2.75, 3.05) is 32.8 Å². The summed E-state index contributed by atoms with van der Waals surface area (Å²) < 4.78 is 0. The molecule has 5 amide bonds. The number of aliphatic hydroxyl groups excluding tert-OH is 1. The van der Waals surface area contributed by atoms with Crippen LogP contribution >= 0.6 is 0 Å². The molecule has 28 heavy (non-hydrogen) atoms. The van der Waals surface area contributed by atoms with E-state index in [0.29, 0.717) is 45.4 Å². The van der Waals surface area contributed by atoms with E-state index >= 15 is 0 Å². The Morgan fingerprint density at radius 1 is 1.11 bits per heavy atom. The Hall–Kier alpha value is -2.04. The first kappa shape index (κ1) is 22.3. The van der Waals surface area contributed by atoms with Gasteiger partial charge in [0, 0.05) is 38.6 Å². The summed E-state index contributed by atoms with van der Waals surface area (Å²) >= 11 is 0. The lowest BCUT2D eigenvalue weighted by molar-refractivity contribution is -0.151. The second-order valence-electron chi connectivity index (χ2n) is 7.42. The summed E-state index contributed by atoms with van der Waals surface area (Å²) in [5.41, 5.74) is 3.74. The van der Waals surface area contributed by atoms with E-state index in [9.17, 15) is 24.3 Å². The molecule has 0 aromatic heterocycles. The van der Waals surface area contributed by atoms with Gasteiger partial charge in [0.25, 0.3) is 0 Å². The fraction of sp³-hybridized carbons (Fsp3) is 0.778. The summed E-state index contributed by atoms with van der Waals surface area (Å²) in [5.74, 6) is -1.47. The molecule has 0 bridgehead atoms. The number of primary amides is 1.